The van der Waals surface area contributed by atoms with Gasteiger partial charge in [0.25, 0.3) is 0 Å². The number of nitrogens with zero attached hydrogens (tertiary/aromatic N) is 1. The third-order valence-electron chi connectivity index (χ3n) is 3.55. The van der Waals surface area contributed by atoms with Crippen molar-refractivity contribution in [3.05, 3.63) is 35.4 Å². The maximum atomic E-state index is 13.5. The van der Waals surface area contributed by atoms with Crippen LogP contribution in [0.2, 0.25) is 0 Å². The van der Waals surface area contributed by atoms with Crippen molar-refractivity contribution in [1.29, 1.82) is 0 Å². The van der Waals surface area contributed by atoms with Gasteiger partial charge >= 0.3 is 0 Å². The molecule has 0 spiro atoms. The predicted molar refractivity (Wildman–Crippen MR) is 73.2 cm³/mol. The first-order chi connectivity index (χ1) is 9.11. The molecule has 0 bridgehead atoms. The Morgan fingerprint density at radius 2 is 2.05 bits per heavy atom. The highest BCUT2D eigenvalue weighted by molar-refractivity contribution is 9.09. The van der Waals surface area contributed by atoms with E-state index in [1.54, 1.807) is 4.90 Å². The summed E-state index contributed by atoms with van der Waals surface area (Å²) in [5.41, 5.74) is -0.128. The lowest BCUT2D eigenvalue weighted by molar-refractivity contribution is -0.129. The second-order valence-electron chi connectivity index (χ2n) is 4.85. The van der Waals surface area contributed by atoms with Crippen molar-refractivity contribution in [2.45, 2.75) is 19.3 Å². The molecule has 19 heavy (non-hydrogen) atoms. The van der Waals surface area contributed by atoms with Crippen LogP contribution in [0.5, 0.6) is 0 Å². The average Bonchev–Trinajstić information content (AvgIpc) is 2.83. The molecule has 1 aromatic rings. The minimum atomic E-state index is -0.649. The Hall–Kier alpha value is -0.970. The molecule has 1 fully saturated rings. The number of carbonyl (C=O) groups is 1. The maximum Gasteiger partial charge on any atom is 0.227 e. The Morgan fingerprint density at radius 3 is 2.68 bits per heavy atom. The van der Waals surface area contributed by atoms with E-state index in [0.717, 1.165) is 18.2 Å². The minimum Gasteiger partial charge on any atom is -0.342 e. The highest BCUT2D eigenvalue weighted by Crippen LogP contribution is 2.22. The van der Waals surface area contributed by atoms with Gasteiger partial charge in [0.2, 0.25) is 5.91 Å². The van der Waals surface area contributed by atoms with E-state index >= 15 is 0 Å². The first-order valence-electron chi connectivity index (χ1n) is 6.38. The lowest BCUT2D eigenvalue weighted by Crippen LogP contribution is -2.30. The summed E-state index contributed by atoms with van der Waals surface area (Å²) in [6.45, 7) is 1.38. The summed E-state index contributed by atoms with van der Waals surface area (Å²) in [5, 5.41) is 0.918. The molecule has 104 valence electrons. The molecule has 0 aliphatic carbocycles. The van der Waals surface area contributed by atoms with Gasteiger partial charge < -0.3 is 4.90 Å². The number of hydrogen-bond donors (Lipinski definition) is 0. The standard InChI is InChI=1S/C14H16BrF2NO/c15-6-4-10-5-7-18(9-10)14(19)8-11-12(16)2-1-3-13(11)17/h1-3,10H,4-9H2. The zero-order valence-electron chi connectivity index (χ0n) is 10.5. The molecule has 1 amide bonds. The van der Waals surface area contributed by atoms with Crippen molar-refractivity contribution in [2.75, 3.05) is 18.4 Å². The van der Waals surface area contributed by atoms with Crippen LogP contribution in [0.3, 0.4) is 0 Å². The topological polar surface area (TPSA) is 20.3 Å². The summed E-state index contributed by atoms with van der Waals surface area (Å²) < 4.78 is 27.0. The SMILES string of the molecule is O=C(Cc1c(F)cccc1F)N1CCC(CCBr)C1. The van der Waals surface area contributed by atoms with Gasteiger partial charge in [0, 0.05) is 24.0 Å². The summed E-state index contributed by atoms with van der Waals surface area (Å²) >= 11 is 3.39. The van der Waals surface area contributed by atoms with Gasteiger partial charge in [-0.25, -0.2) is 8.78 Å². The zero-order chi connectivity index (χ0) is 13.8. The molecule has 0 aromatic heterocycles. The van der Waals surface area contributed by atoms with Gasteiger partial charge in [-0.3, -0.25) is 4.79 Å². The fourth-order valence-electron chi connectivity index (χ4n) is 2.41. The minimum absolute atomic E-state index is 0.128. The van der Waals surface area contributed by atoms with Crippen LogP contribution in [-0.2, 0) is 11.2 Å². The smallest absolute Gasteiger partial charge is 0.227 e. The average molecular weight is 332 g/mol. The van der Waals surface area contributed by atoms with E-state index in [4.69, 9.17) is 0 Å². The molecule has 0 radical (unpaired) electrons. The van der Waals surface area contributed by atoms with Crippen LogP contribution in [0.15, 0.2) is 18.2 Å². The molecular weight excluding hydrogens is 316 g/mol. The number of carbonyl (C=O) groups excluding carboxylic acids is 1. The first kappa shape index (κ1) is 14.4. The van der Waals surface area contributed by atoms with Crippen LogP contribution in [-0.4, -0.2) is 29.2 Å². The molecule has 1 aliphatic rings. The van der Waals surface area contributed by atoms with Gasteiger partial charge in [0.1, 0.15) is 11.6 Å². The Kier molecular flexibility index (Phi) is 4.91. The summed E-state index contributed by atoms with van der Waals surface area (Å²) in [7, 11) is 0. The van der Waals surface area contributed by atoms with Crippen LogP contribution in [0.1, 0.15) is 18.4 Å². The van der Waals surface area contributed by atoms with Crippen molar-refractivity contribution in [3.63, 3.8) is 0 Å². The van der Waals surface area contributed by atoms with E-state index < -0.39 is 11.6 Å². The van der Waals surface area contributed by atoms with Gasteiger partial charge in [-0.2, -0.15) is 0 Å². The van der Waals surface area contributed by atoms with Crippen LogP contribution in [0.4, 0.5) is 8.78 Å². The molecule has 1 saturated heterocycles. The number of halogens is 3. The molecule has 1 unspecified atom stereocenters. The highest BCUT2D eigenvalue weighted by atomic mass is 79.9. The second kappa shape index (κ2) is 6.46. The third kappa shape index (κ3) is 3.53. The van der Waals surface area contributed by atoms with Crippen LogP contribution in [0.25, 0.3) is 0 Å². The molecule has 1 heterocycles. The van der Waals surface area contributed by atoms with Crippen molar-refractivity contribution < 1.29 is 13.6 Å². The fourth-order valence-corrected chi connectivity index (χ4v) is 3.06. The highest BCUT2D eigenvalue weighted by Gasteiger charge is 2.26. The van der Waals surface area contributed by atoms with E-state index in [1.165, 1.54) is 18.2 Å². The number of amides is 1. The van der Waals surface area contributed by atoms with E-state index in [9.17, 15) is 13.6 Å². The molecule has 0 saturated carbocycles. The molecule has 1 atom stereocenters. The van der Waals surface area contributed by atoms with Crippen LogP contribution < -0.4 is 0 Å². The van der Waals surface area contributed by atoms with Gasteiger partial charge in [0.05, 0.1) is 6.42 Å². The van der Waals surface area contributed by atoms with E-state index in [1.807, 2.05) is 0 Å². The Bertz CT molecular complexity index is 447. The van der Waals surface area contributed by atoms with E-state index in [0.29, 0.717) is 19.0 Å². The van der Waals surface area contributed by atoms with Crippen molar-refractivity contribution in [2.24, 2.45) is 5.92 Å². The number of benzene rings is 1. The first-order valence-corrected chi connectivity index (χ1v) is 7.50. The molecule has 1 aliphatic heterocycles. The monoisotopic (exact) mass is 331 g/mol. The number of alkyl halides is 1. The number of likely N-dealkylation sites (tertiary alicyclic amines) is 1. The summed E-state index contributed by atoms with van der Waals surface area (Å²) in [6, 6.07) is 3.67. The third-order valence-corrected chi connectivity index (χ3v) is 4.00. The van der Waals surface area contributed by atoms with E-state index in [-0.39, 0.29) is 17.9 Å². The summed E-state index contributed by atoms with van der Waals surface area (Å²) in [5.74, 6) is -0.996. The van der Waals surface area contributed by atoms with Crippen molar-refractivity contribution in [3.8, 4) is 0 Å². The van der Waals surface area contributed by atoms with Gasteiger partial charge in [0.15, 0.2) is 0 Å². The quantitative estimate of drug-likeness (QED) is 0.776. The summed E-state index contributed by atoms with van der Waals surface area (Å²) in [6.07, 6.45) is 1.80. The van der Waals surface area contributed by atoms with Gasteiger partial charge in [-0.1, -0.05) is 22.0 Å². The van der Waals surface area contributed by atoms with Gasteiger partial charge in [-0.05, 0) is 30.9 Å². The van der Waals surface area contributed by atoms with Crippen molar-refractivity contribution in [1.82, 2.24) is 4.90 Å². The van der Waals surface area contributed by atoms with Crippen LogP contribution in [0, 0.1) is 17.6 Å². The predicted octanol–water partition coefficient (Wildman–Crippen LogP) is 3.14. The largest absolute Gasteiger partial charge is 0.342 e. The fraction of sp³-hybridized carbons (Fsp3) is 0.500. The van der Waals surface area contributed by atoms with E-state index in [2.05, 4.69) is 15.9 Å². The number of rotatable bonds is 4. The Balaban J connectivity index is 1.98. The van der Waals surface area contributed by atoms with Gasteiger partial charge in [-0.15, -0.1) is 0 Å². The normalized spacial score (nSPS) is 18.9. The molecular formula is C14H16BrF2NO. The molecule has 5 heteroatoms. The lowest BCUT2D eigenvalue weighted by atomic mass is 10.1. The lowest BCUT2D eigenvalue weighted by Gasteiger charge is -2.16. The molecule has 2 nitrogen and oxygen atoms in total. The van der Waals surface area contributed by atoms with Crippen LogP contribution >= 0.6 is 15.9 Å². The summed E-state index contributed by atoms with van der Waals surface area (Å²) in [4.78, 5) is 13.8. The Morgan fingerprint density at radius 1 is 1.37 bits per heavy atom. The molecule has 0 N–H and O–H groups in total. The Labute approximate surface area is 119 Å². The maximum absolute atomic E-state index is 13.5. The number of hydrogen-bond acceptors (Lipinski definition) is 1. The zero-order valence-corrected chi connectivity index (χ0v) is 12.1. The van der Waals surface area contributed by atoms with Crippen molar-refractivity contribution >= 4 is 21.8 Å². The molecule has 1 aromatic carbocycles. The second-order valence-corrected chi connectivity index (χ2v) is 5.64. The molecule has 2 rings (SSSR count).